The average molecular weight is 307 g/mol. The van der Waals surface area contributed by atoms with Crippen molar-refractivity contribution in [2.75, 3.05) is 33.4 Å². The largest absolute Gasteiger partial charge is 0.383 e. The minimum absolute atomic E-state index is 0.181. The Labute approximate surface area is 119 Å². The Morgan fingerprint density at radius 1 is 1.26 bits per heavy atom. The Kier molecular flexibility index (Phi) is 6.74. The maximum Gasteiger partial charge on any atom is 0.240 e. The molecule has 0 saturated heterocycles. The summed E-state index contributed by atoms with van der Waals surface area (Å²) in [6.45, 7) is 3.97. The summed E-state index contributed by atoms with van der Waals surface area (Å²) in [6.07, 6.45) is 0. The Morgan fingerprint density at radius 3 is 2.63 bits per heavy atom. The summed E-state index contributed by atoms with van der Waals surface area (Å²) in [7, 11) is -1.88. The predicted molar refractivity (Wildman–Crippen MR) is 76.1 cm³/mol. The highest BCUT2D eigenvalue weighted by molar-refractivity contribution is 7.89. The summed E-state index contributed by atoms with van der Waals surface area (Å²) in [5, 5.41) is 3.50. The molecule has 1 aromatic carbocycles. The number of nitrogens with one attached hydrogen (secondary N) is 2. The molecule has 0 aliphatic heterocycles. The first kappa shape index (κ1) is 16.4. The Balaban J connectivity index is 2.49. The molecule has 19 heavy (non-hydrogen) atoms. The molecule has 0 atom stereocenters. The Bertz CT molecular complexity index is 506. The maximum atomic E-state index is 12.0. The second-order valence-corrected chi connectivity index (χ2v) is 6.23. The van der Waals surface area contributed by atoms with Gasteiger partial charge in [0.15, 0.2) is 0 Å². The number of hydrogen-bond donors (Lipinski definition) is 2. The first-order chi connectivity index (χ1) is 8.97. The lowest BCUT2D eigenvalue weighted by molar-refractivity contribution is 0.199. The van der Waals surface area contributed by atoms with Crippen molar-refractivity contribution in [2.45, 2.75) is 11.8 Å². The van der Waals surface area contributed by atoms with E-state index in [4.69, 9.17) is 16.3 Å². The zero-order valence-electron chi connectivity index (χ0n) is 11.1. The van der Waals surface area contributed by atoms with Crippen molar-refractivity contribution >= 4 is 21.6 Å². The summed E-state index contributed by atoms with van der Waals surface area (Å²) in [4.78, 5) is 0.181. The van der Waals surface area contributed by atoms with Crippen molar-refractivity contribution in [1.29, 1.82) is 0 Å². The van der Waals surface area contributed by atoms with Crippen LogP contribution < -0.4 is 10.0 Å². The number of aryl methyl sites for hydroxylation is 1. The molecule has 0 unspecified atom stereocenters. The lowest BCUT2D eigenvalue weighted by atomic mass is 10.2. The molecule has 0 aliphatic carbocycles. The van der Waals surface area contributed by atoms with E-state index in [2.05, 4.69) is 10.0 Å². The van der Waals surface area contributed by atoms with Gasteiger partial charge in [-0.15, -0.1) is 0 Å². The molecule has 5 nitrogen and oxygen atoms in total. The molecule has 0 spiro atoms. The zero-order chi connectivity index (χ0) is 14.3. The second-order valence-electron chi connectivity index (χ2n) is 4.05. The van der Waals surface area contributed by atoms with Crippen LogP contribution in [-0.2, 0) is 14.8 Å². The molecule has 1 aromatic rings. The number of sulfonamides is 1. The monoisotopic (exact) mass is 306 g/mol. The number of ether oxygens (including phenoxy) is 1. The van der Waals surface area contributed by atoms with E-state index in [-0.39, 0.29) is 4.90 Å². The van der Waals surface area contributed by atoms with Crippen LogP contribution in [0.5, 0.6) is 0 Å². The van der Waals surface area contributed by atoms with E-state index in [1.165, 1.54) is 6.07 Å². The summed E-state index contributed by atoms with van der Waals surface area (Å²) in [5.74, 6) is 0. The van der Waals surface area contributed by atoms with Gasteiger partial charge in [0, 0.05) is 31.8 Å². The summed E-state index contributed by atoms with van der Waals surface area (Å²) >= 11 is 5.92. The normalized spacial score (nSPS) is 11.7. The van der Waals surface area contributed by atoms with Gasteiger partial charge in [0.25, 0.3) is 0 Å². The lowest BCUT2D eigenvalue weighted by Gasteiger charge is -2.08. The molecule has 0 bridgehead atoms. The predicted octanol–water partition coefficient (Wildman–Crippen LogP) is 1.16. The minimum Gasteiger partial charge on any atom is -0.383 e. The third-order valence-corrected chi connectivity index (χ3v) is 4.40. The molecular weight excluding hydrogens is 288 g/mol. The van der Waals surface area contributed by atoms with Crippen molar-refractivity contribution in [1.82, 2.24) is 10.0 Å². The topological polar surface area (TPSA) is 67.4 Å². The number of benzene rings is 1. The SMILES string of the molecule is COCCNCCNS(=O)(=O)c1ccc(C)c(Cl)c1. The van der Waals surface area contributed by atoms with Gasteiger partial charge < -0.3 is 10.1 Å². The maximum absolute atomic E-state index is 12.0. The van der Waals surface area contributed by atoms with Crippen molar-refractivity contribution in [3.63, 3.8) is 0 Å². The fourth-order valence-electron chi connectivity index (χ4n) is 1.40. The highest BCUT2D eigenvalue weighted by atomic mass is 35.5. The standard InChI is InChI=1S/C12H19ClN2O3S/c1-10-3-4-11(9-12(10)13)19(16,17)15-6-5-14-7-8-18-2/h3-4,9,14-15H,5-8H2,1-2H3. The van der Waals surface area contributed by atoms with Crippen LogP contribution in [0, 0.1) is 6.92 Å². The van der Waals surface area contributed by atoms with E-state index in [0.717, 1.165) is 5.56 Å². The molecule has 0 fully saturated rings. The van der Waals surface area contributed by atoms with Crippen molar-refractivity contribution in [3.8, 4) is 0 Å². The van der Waals surface area contributed by atoms with E-state index >= 15 is 0 Å². The molecule has 0 radical (unpaired) electrons. The molecule has 7 heteroatoms. The molecule has 0 aromatic heterocycles. The van der Waals surface area contributed by atoms with Crippen LogP contribution >= 0.6 is 11.6 Å². The van der Waals surface area contributed by atoms with Gasteiger partial charge in [-0.25, -0.2) is 13.1 Å². The van der Waals surface area contributed by atoms with Crippen molar-refractivity contribution in [2.24, 2.45) is 0 Å². The first-order valence-corrected chi connectivity index (χ1v) is 7.79. The number of rotatable bonds is 8. The summed E-state index contributed by atoms with van der Waals surface area (Å²) < 4.78 is 31.3. The lowest BCUT2D eigenvalue weighted by Crippen LogP contribution is -2.33. The van der Waals surface area contributed by atoms with Crippen LogP contribution in [0.4, 0.5) is 0 Å². The zero-order valence-corrected chi connectivity index (χ0v) is 12.6. The fraction of sp³-hybridized carbons (Fsp3) is 0.500. The summed E-state index contributed by atoms with van der Waals surface area (Å²) in [5.41, 5.74) is 0.849. The van der Waals surface area contributed by atoms with Crippen LogP contribution in [-0.4, -0.2) is 41.8 Å². The van der Waals surface area contributed by atoms with Crippen molar-refractivity contribution in [3.05, 3.63) is 28.8 Å². The van der Waals surface area contributed by atoms with Gasteiger partial charge in [-0.1, -0.05) is 17.7 Å². The molecule has 1 rings (SSSR count). The quantitative estimate of drug-likeness (QED) is 0.707. The van der Waals surface area contributed by atoms with Gasteiger partial charge in [0.1, 0.15) is 0 Å². The third-order valence-electron chi connectivity index (χ3n) is 2.53. The number of halogens is 1. The summed E-state index contributed by atoms with van der Waals surface area (Å²) in [6, 6.07) is 4.69. The Morgan fingerprint density at radius 2 is 2.00 bits per heavy atom. The minimum atomic E-state index is -3.50. The van der Waals surface area contributed by atoms with Gasteiger partial charge in [-0.2, -0.15) is 0 Å². The third kappa shape index (κ3) is 5.46. The van der Waals surface area contributed by atoms with Crippen LogP contribution in [0.25, 0.3) is 0 Å². The highest BCUT2D eigenvalue weighted by Gasteiger charge is 2.14. The molecule has 0 heterocycles. The molecule has 2 N–H and O–H groups in total. The van der Waals surface area contributed by atoms with Gasteiger partial charge in [-0.05, 0) is 24.6 Å². The van der Waals surface area contributed by atoms with Gasteiger partial charge >= 0.3 is 0 Å². The number of hydrogen-bond acceptors (Lipinski definition) is 4. The van der Waals surface area contributed by atoms with E-state index in [1.54, 1.807) is 19.2 Å². The highest BCUT2D eigenvalue weighted by Crippen LogP contribution is 2.19. The molecular formula is C12H19ClN2O3S. The van der Waals surface area contributed by atoms with Gasteiger partial charge in [-0.3, -0.25) is 0 Å². The molecule has 0 amide bonds. The first-order valence-electron chi connectivity index (χ1n) is 5.93. The number of methoxy groups -OCH3 is 1. The van der Waals surface area contributed by atoms with Crippen LogP contribution in [0.15, 0.2) is 23.1 Å². The van der Waals surface area contributed by atoms with Gasteiger partial charge in [0.2, 0.25) is 10.0 Å². The van der Waals surface area contributed by atoms with Crippen molar-refractivity contribution < 1.29 is 13.2 Å². The van der Waals surface area contributed by atoms with Crippen LogP contribution in [0.3, 0.4) is 0 Å². The fourth-order valence-corrected chi connectivity index (χ4v) is 2.70. The van der Waals surface area contributed by atoms with Crippen LogP contribution in [0.1, 0.15) is 5.56 Å². The van der Waals surface area contributed by atoms with E-state index in [9.17, 15) is 8.42 Å². The molecule has 0 saturated carbocycles. The second kappa shape index (κ2) is 7.81. The molecule has 0 aliphatic rings. The van der Waals surface area contributed by atoms with Crippen LogP contribution in [0.2, 0.25) is 5.02 Å². The molecule has 108 valence electrons. The van der Waals surface area contributed by atoms with E-state index < -0.39 is 10.0 Å². The smallest absolute Gasteiger partial charge is 0.240 e. The van der Waals surface area contributed by atoms with E-state index in [1.807, 2.05) is 6.92 Å². The Hall–Kier alpha value is -0.660. The van der Waals surface area contributed by atoms with Gasteiger partial charge in [0.05, 0.1) is 11.5 Å². The average Bonchev–Trinajstić information content (AvgIpc) is 2.36. The van der Waals surface area contributed by atoms with E-state index in [0.29, 0.717) is 31.3 Å².